The number of hydrogen-bond donors (Lipinski definition) is 0. The molecule has 0 aromatic heterocycles. The van der Waals surface area contributed by atoms with E-state index in [1.807, 2.05) is 0 Å². The first-order valence-corrected chi connectivity index (χ1v) is 15.5. The summed E-state index contributed by atoms with van der Waals surface area (Å²) < 4.78 is 0. The minimum atomic E-state index is -0.0783. The molecule has 8 rings (SSSR count). The van der Waals surface area contributed by atoms with Crippen LogP contribution in [0.15, 0.2) is 127 Å². The maximum absolute atomic E-state index is 2.52. The lowest BCUT2D eigenvalue weighted by molar-refractivity contribution is 0.590. The predicted molar refractivity (Wildman–Crippen MR) is 186 cm³/mol. The Hall–Kier alpha value is -4.68. The van der Waals surface area contributed by atoms with Crippen LogP contribution in [0.4, 0.5) is 0 Å². The van der Waals surface area contributed by atoms with Crippen LogP contribution in [0.2, 0.25) is 0 Å². The maximum Gasteiger partial charge on any atom is 0.0159 e. The molecule has 0 unspecified atom stereocenters. The molecule has 0 amide bonds. The van der Waals surface area contributed by atoms with Gasteiger partial charge in [0.25, 0.3) is 0 Å². The van der Waals surface area contributed by atoms with Crippen LogP contribution in [0.1, 0.15) is 51.3 Å². The zero-order valence-electron chi connectivity index (χ0n) is 25.6. The third-order valence-corrected chi connectivity index (χ3v) is 9.83. The van der Waals surface area contributed by atoms with Crippen LogP contribution in [0.3, 0.4) is 0 Å². The topological polar surface area (TPSA) is 0 Å². The molecule has 1 aliphatic rings. The van der Waals surface area contributed by atoms with Crippen molar-refractivity contribution < 1.29 is 0 Å². The van der Waals surface area contributed by atoms with Gasteiger partial charge in [0.15, 0.2) is 0 Å². The molecule has 0 atom stereocenters. The van der Waals surface area contributed by atoms with E-state index < -0.39 is 0 Å². The Balaban J connectivity index is 1.50. The number of benzene rings is 7. The Bertz CT molecular complexity index is 2160. The van der Waals surface area contributed by atoms with Crippen molar-refractivity contribution in [1.82, 2.24) is 0 Å². The maximum atomic E-state index is 2.52. The van der Waals surface area contributed by atoms with E-state index in [1.54, 1.807) is 0 Å². The van der Waals surface area contributed by atoms with Crippen LogP contribution in [-0.2, 0) is 10.8 Å². The van der Waals surface area contributed by atoms with Gasteiger partial charge < -0.3 is 0 Å². The molecule has 1 aliphatic carbocycles. The van der Waals surface area contributed by atoms with Crippen LogP contribution >= 0.6 is 0 Å². The SMILES string of the molecule is CC(C)(C)c1ccc(-c2c3ccccc3c(-c3cc4c(c5ccccc35)-c3ccccc3C4(C)C)c3ccccc23)cc1. The summed E-state index contributed by atoms with van der Waals surface area (Å²) in [5, 5.41) is 7.84. The van der Waals surface area contributed by atoms with Crippen molar-refractivity contribution in [1.29, 1.82) is 0 Å². The Morgan fingerprint density at radius 2 is 0.884 bits per heavy atom. The lowest BCUT2D eigenvalue weighted by Gasteiger charge is -2.24. The van der Waals surface area contributed by atoms with E-state index >= 15 is 0 Å². The molecule has 7 aromatic carbocycles. The molecule has 0 aliphatic heterocycles. The molecule has 0 saturated heterocycles. The zero-order valence-corrected chi connectivity index (χ0v) is 25.6. The fraction of sp³-hybridized carbons (Fsp3) is 0.163. The Labute approximate surface area is 254 Å². The highest BCUT2D eigenvalue weighted by molar-refractivity contribution is 6.24. The van der Waals surface area contributed by atoms with E-state index in [1.165, 1.54) is 82.4 Å². The molecule has 0 radical (unpaired) electrons. The van der Waals surface area contributed by atoms with Crippen molar-refractivity contribution in [2.75, 3.05) is 0 Å². The van der Waals surface area contributed by atoms with Gasteiger partial charge in [0, 0.05) is 5.41 Å². The smallest absolute Gasteiger partial charge is 0.0159 e. The Morgan fingerprint density at radius 1 is 0.419 bits per heavy atom. The first-order valence-electron chi connectivity index (χ1n) is 15.5. The van der Waals surface area contributed by atoms with E-state index in [9.17, 15) is 0 Å². The van der Waals surface area contributed by atoms with Crippen molar-refractivity contribution in [3.8, 4) is 33.4 Å². The van der Waals surface area contributed by atoms with Gasteiger partial charge in [-0.25, -0.2) is 0 Å². The molecule has 208 valence electrons. The normalized spacial score (nSPS) is 13.9. The molecular formula is C43H36. The second kappa shape index (κ2) is 9.16. The van der Waals surface area contributed by atoms with Gasteiger partial charge >= 0.3 is 0 Å². The Morgan fingerprint density at radius 3 is 1.44 bits per heavy atom. The van der Waals surface area contributed by atoms with Crippen molar-refractivity contribution in [3.05, 3.63) is 144 Å². The molecule has 0 saturated carbocycles. The van der Waals surface area contributed by atoms with Crippen molar-refractivity contribution >= 4 is 32.3 Å². The number of rotatable bonds is 2. The molecule has 0 bridgehead atoms. The van der Waals surface area contributed by atoms with Crippen molar-refractivity contribution in [2.24, 2.45) is 0 Å². The first-order chi connectivity index (χ1) is 20.7. The van der Waals surface area contributed by atoms with Gasteiger partial charge in [-0.2, -0.15) is 0 Å². The van der Waals surface area contributed by atoms with E-state index in [2.05, 4.69) is 162 Å². The van der Waals surface area contributed by atoms with Gasteiger partial charge in [0.1, 0.15) is 0 Å². The van der Waals surface area contributed by atoms with Gasteiger partial charge in [-0.05, 0) is 93.9 Å². The fourth-order valence-corrected chi connectivity index (χ4v) is 7.62. The molecule has 0 fully saturated rings. The summed E-state index contributed by atoms with van der Waals surface area (Å²) in [6.45, 7) is 11.6. The van der Waals surface area contributed by atoms with Crippen LogP contribution < -0.4 is 0 Å². The fourth-order valence-electron chi connectivity index (χ4n) is 7.62. The third kappa shape index (κ3) is 3.76. The second-order valence-electron chi connectivity index (χ2n) is 13.7. The predicted octanol–water partition coefficient (Wildman–Crippen LogP) is 12.1. The third-order valence-electron chi connectivity index (χ3n) is 9.83. The number of fused-ring (bicyclic) bond motifs is 7. The molecule has 7 aromatic rings. The lowest BCUT2D eigenvalue weighted by Crippen LogP contribution is -2.15. The highest BCUT2D eigenvalue weighted by atomic mass is 14.4. The molecule has 0 N–H and O–H groups in total. The largest absolute Gasteiger partial charge is 0.0619 e. The van der Waals surface area contributed by atoms with Gasteiger partial charge in [-0.3, -0.25) is 0 Å². The van der Waals surface area contributed by atoms with Crippen LogP contribution in [0.25, 0.3) is 65.7 Å². The summed E-state index contributed by atoms with van der Waals surface area (Å²) in [5.41, 5.74) is 12.2. The quantitative estimate of drug-likeness (QED) is 0.187. The summed E-state index contributed by atoms with van der Waals surface area (Å²) in [4.78, 5) is 0. The van der Waals surface area contributed by atoms with Crippen LogP contribution in [-0.4, -0.2) is 0 Å². The molecular weight excluding hydrogens is 516 g/mol. The van der Waals surface area contributed by atoms with E-state index in [-0.39, 0.29) is 10.8 Å². The molecule has 0 heteroatoms. The highest BCUT2D eigenvalue weighted by Crippen LogP contribution is 2.54. The standard InChI is InChI=1S/C43H36/c1-42(2,3)28-24-22-27(23-25-28)39-31-16-8-10-18-33(31)40(34-19-11-9-17-32(34)39)36-26-38-41(30-15-7-6-14-29(30)36)35-20-12-13-21-37(35)43(38,4)5/h6-26H,1-5H3. The van der Waals surface area contributed by atoms with Crippen molar-refractivity contribution in [2.45, 2.75) is 45.4 Å². The second-order valence-corrected chi connectivity index (χ2v) is 13.7. The lowest BCUT2D eigenvalue weighted by atomic mass is 9.79. The molecule has 0 nitrogen and oxygen atoms in total. The number of hydrogen-bond acceptors (Lipinski definition) is 0. The van der Waals surface area contributed by atoms with E-state index in [0.717, 1.165) is 0 Å². The van der Waals surface area contributed by atoms with E-state index in [4.69, 9.17) is 0 Å². The average molecular weight is 553 g/mol. The van der Waals surface area contributed by atoms with Crippen LogP contribution in [0, 0.1) is 0 Å². The highest BCUT2D eigenvalue weighted by Gasteiger charge is 2.37. The summed E-state index contributed by atoms with van der Waals surface area (Å²) in [6, 6.07) is 47.8. The Kier molecular flexibility index (Phi) is 5.53. The molecule has 0 heterocycles. The monoisotopic (exact) mass is 552 g/mol. The minimum absolute atomic E-state index is 0.0783. The van der Waals surface area contributed by atoms with Gasteiger partial charge in [-0.1, -0.05) is 156 Å². The average Bonchev–Trinajstić information content (AvgIpc) is 3.25. The summed E-state index contributed by atoms with van der Waals surface area (Å²) in [6.07, 6.45) is 0. The van der Waals surface area contributed by atoms with Crippen LogP contribution in [0.5, 0.6) is 0 Å². The van der Waals surface area contributed by atoms with Crippen molar-refractivity contribution in [3.63, 3.8) is 0 Å². The first kappa shape index (κ1) is 26.0. The minimum Gasteiger partial charge on any atom is -0.0619 e. The van der Waals surface area contributed by atoms with Gasteiger partial charge in [-0.15, -0.1) is 0 Å². The molecule has 43 heavy (non-hydrogen) atoms. The van der Waals surface area contributed by atoms with Gasteiger partial charge in [0.2, 0.25) is 0 Å². The molecule has 0 spiro atoms. The summed E-state index contributed by atoms with van der Waals surface area (Å²) in [7, 11) is 0. The summed E-state index contributed by atoms with van der Waals surface area (Å²) in [5.74, 6) is 0. The van der Waals surface area contributed by atoms with E-state index in [0.29, 0.717) is 0 Å². The zero-order chi connectivity index (χ0) is 29.5. The summed E-state index contributed by atoms with van der Waals surface area (Å²) >= 11 is 0. The van der Waals surface area contributed by atoms with Gasteiger partial charge in [0.05, 0.1) is 0 Å².